The van der Waals surface area contributed by atoms with E-state index in [1.165, 1.54) is 0 Å². The van der Waals surface area contributed by atoms with Gasteiger partial charge in [0.2, 0.25) is 5.91 Å². The number of rotatable bonds is 7. The molecule has 0 fully saturated rings. The van der Waals surface area contributed by atoms with Gasteiger partial charge in [-0.05, 0) is 49.7 Å². The second kappa shape index (κ2) is 9.08. The van der Waals surface area contributed by atoms with Crippen LogP contribution in [0.2, 0.25) is 5.02 Å². The van der Waals surface area contributed by atoms with E-state index in [4.69, 9.17) is 16.3 Å². The average molecular weight is 361 g/mol. The molecule has 0 aliphatic heterocycles. The van der Waals surface area contributed by atoms with Crippen LogP contribution in [0.25, 0.3) is 0 Å². The number of nitrogens with one attached hydrogen (secondary N) is 2. The maximum Gasteiger partial charge on any atom is 0.255 e. The molecule has 0 aliphatic carbocycles. The molecule has 0 aliphatic rings. The summed E-state index contributed by atoms with van der Waals surface area (Å²) in [6.45, 7) is 4.34. The van der Waals surface area contributed by atoms with Crippen molar-refractivity contribution in [1.82, 2.24) is 0 Å². The van der Waals surface area contributed by atoms with Gasteiger partial charge < -0.3 is 15.4 Å². The van der Waals surface area contributed by atoms with Gasteiger partial charge in [0.05, 0.1) is 17.3 Å². The van der Waals surface area contributed by atoms with Crippen LogP contribution in [0.5, 0.6) is 5.75 Å². The van der Waals surface area contributed by atoms with Gasteiger partial charge in [-0.15, -0.1) is 0 Å². The number of hydrogen-bond donors (Lipinski definition) is 2. The summed E-state index contributed by atoms with van der Waals surface area (Å²) in [6, 6.07) is 11.9. The minimum Gasteiger partial charge on any atom is -0.494 e. The Hall–Kier alpha value is -2.53. The van der Waals surface area contributed by atoms with Crippen LogP contribution in [0.15, 0.2) is 42.5 Å². The lowest BCUT2D eigenvalue weighted by Crippen LogP contribution is -2.14. The van der Waals surface area contributed by atoms with E-state index in [0.29, 0.717) is 40.7 Å². The molecule has 6 heteroatoms. The number of benzene rings is 2. The summed E-state index contributed by atoms with van der Waals surface area (Å²) in [4.78, 5) is 24.2. The third-order valence-electron chi connectivity index (χ3n) is 3.38. The molecule has 0 radical (unpaired) electrons. The van der Waals surface area contributed by atoms with Crippen LogP contribution in [0, 0.1) is 0 Å². The summed E-state index contributed by atoms with van der Waals surface area (Å²) < 4.78 is 5.40. The highest BCUT2D eigenvalue weighted by molar-refractivity contribution is 6.34. The number of carbonyl (C=O) groups is 2. The monoisotopic (exact) mass is 360 g/mol. The molecule has 0 atom stereocenters. The lowest BCUT2D eigenvalue weighted by molar-refractivity contribution is -0.116. The fourth-order valence-corrected chi connectivity index (χ4v) is 2.40. The molecule has 2 aromatic rings. The van der Waals surface area contributed by atoms with E-state index in [9.17, 15) is 9.59 Å². The first-order valence-electron chi connectivity index (χ1n) is 8.17. The fourth-order valence-electron chi connectivity index (χ4n) is 2.24. The van der Waals surface area contributed by atoms with Crippen molar-refractivity contribution in [3.8, 4) is 5.75 Å². The second-order valence-electron chi connectivity index (χ2n) is 5.41. The third-order valence-corrected chi connectivity index (χ3v) is 3.71. The van der Waals surface area contributed by atoms with Crippen LogP contribution in [-0.2, 0) is 4.79 Å². The molecule has 0 aromatic heterocycles. The highest BCUT2D eigenvalue weighted by Gasteiger charge is 2.11. The molecular weight excluding hydrogens is 340 g/mol. The van der Waals surface area contributed by atoms with Gasteiger partial charge in [0.25, 0.3) is 5.91 Å². The number of halogens is 1. The van der Waals surface area contributed by atoms with Crippen LogP contribution < -0.4 is 15.4 Å². The van der Waals surface area contributed by atoms with E-state index in [1.807, 2.05) is 13.8 Å². The summed E-state index contributed by atoms with van der Waals surface area (Å²) in [6.07, 6.45) is 1.20. The predicted octanol–water partition coefficient (Wildman–Crippen LogP) is 4.73. The Morgan fingerprint density at radius 3 is 2.60 bits per heavy atom. The summed E-state index contributed by atoms with van der Waals surface area (Å²) in [5.41, 5.74) is 1.48. The highest BCUT2D eigenvalue weighted by atomic mass is 35.5. The summed E-state index contributed by atoms with van der Waals surface area (Å²) in [5.74, 6) is 0.244. The van der Waals surface area contributed by atoms with Crippen LogP contribution in [-0.4, -0.2) is 18.4 Å². The molecule has 0 saturated carbocycles. The molecular formula is C19H21ClN2O3. The Morgan fingerprint density at radius 2 is 1.88 bits per heavy atom. The lowest BCUT2D eigenvalue weighted by atomic mass is 10.2. The Bertz CT molecular complexity index is 762. The molecule has 5 nitrogen and oxygen atoms in total. The zero-order valence-electron chi connectivity index (χ0n) is 14.3. The Balaban J connectivity index is 2.14. The first-order valence-corrected chi connectivity index (χ1v) is 8.55. The van der Waals surface area contributed by atoms with Gasteiger partial charge in [-0.2, -0.15) is 0 Å². The standard InChI is InChI=1S/C19H21ClN2O3/c1-3-6-18(23)21-14-9-10-16(20)17(12-14)22-19(24)13-7-5-8-15(11-13)25-4-2/h5,7-12H,3-4,6H2,1-2H3,(H,21,23)(H,22,24). The van der Waals surface area contributed by atoms with Gasteiger partial charge in [0, 0.05) is 17.7 Å². The Labute approximate surface area is 152 Å². The largest absolute Gasteiger partial charge is 0.494 e. The van der Waals surface area contributed by atoms with Crippen molar-refractivity contribution in [3.63, 3.8) is 0 Å². The zero-order valence-corrected chi connectivity index (χ0v) is 15.0. The molecule has 0 bridgehead atoms. The van der Waals surface area contributed by atoms with Crippen LogP contribution in [0.3, 0.4) is 0 Å². The molecule has 0 saturated heterocycles. The number of ether oxygens (including phenoxy) is 1. The number of amides is 2. The Kier molecular flexibility index (Phi) is 6.83. The smallest absolute Gasteiger partial charge is 0.255 e. The third kappa shape index (κ3) is 5.50. The summed E-state index contributed by atoms with van der Waals surface area (Å²) >= 11 is 6.15. The normalized spacial score (nSPS) is 10.2. The zero-order chi connectivity index (χ0) is 18.2. The van der Waals surface area contributed by atoms with E-state index in [-0.39, 0.29) is 11.8 Å². The first-order chi connectivity index (χ1) is 12.0. The molecule has 0 spiro atoms. The topological polar surface area (TPSA) is 67.4 Å². The van der Waals surface area contributed by atoms with Crippen molar-refractivity contribution in [3.05, 3.63) is 53.1 Å². The van der Waals surface area contributed by atoms with Gasteiger partial charge in [-0.25, -0.2) is 0 Å². The highest BCUT2D eigenvalue weighted by Crippen LogP contribution is 2.26. The number of carbonyl (C=O) groups excluding carboxylic acids is 2. The molecule has 2 rings (SSSR count). The van der Waals surface area contributed by atoms with E-state index in [2.05, 4.69) is 10.6 Å². The van der Waals surface area contributed by atoms with E-state index in [0.717, 1.165) is 6.42 Å². The van der Waals surface area contributed by atoms with Crippen molar-refractivity contribution in [2.24, 2.45) is 0 Å². The first kappa shape index (κ1) is 18.8. The minimum absolute atomic E-state index is 0.0773. The number of anilines is 2. The van der Waals surface area contributed by atoms with E-state index < -0.39 is 0 Å². The maximum absolute atomic E-state index is 12.4. The molecule has 0 unspecified atom stereocenters. The average Bonchev–Trinajstić information content (AvgIpc) is 2.58. The summed E-state index contributed by atoms with van der Waals surface area (Å²) in [5, 5.41) is 5.94. The van der Waals surface area contributed by atoms with E-state index >= 15 is 0 Å². The predicted molar refractivity (Wildman–Crippen MR) is 101 cm³/mol. The molecule has 2 N–H and O–H groups in total. The van der Waals surface area contributed by atoms with E-state index in [1.54, 1.807) is 42.5 Å². The fraction of sp³-hybridized carbons (Fsp3) is 0.263. The molecule has 25 heavy (non-hydrogen) atoms. The molecule has 2 aromatic carbocycles. The van der Waals surface area contributed by atoms with Crippen LogP contribution in [0.1, 0.15) is 37.0 Å². The van der Waals surface area contributed by atoms with Gasteiger partial charge in [-0.1, -0.05) is 24.6 Å². The Morgan fingerprint density at radius 1 is 1.08 bits per heavy atom. The van der Waals surface area contributed by atoms with Crippen molar-refractivity contribution in [1.29, 1.82) is 0 Å². The van der Waals surface area contributed by atoms with Gasteiger partial charge in [-0.3, -0.25) is 9.59 Å². The minimum atomic E-state index is -0.305. The maximum atomic E-state index is 12.4. The van der Waals surface area contributed by atoms with Crippen LogP contribution in [0.4, 0.5) is 11.4 Å². The second-order valence-corrected chi connectivity index (χ2v) is 5.81. The summed E-state index contributed by atoms with van der Waals surface area (Å²) in [7, 11) is 0. The SMILES string of the molecule is CCCC(=O)Nc1ccc(Cl)c(NC(=O)c2cccc(OCC)c2)c1. The van der Waals surface area contributed by atoms with Crippen molar-refractivity contribution >= 4 is 34.8 Å². The van der Waals surface area contributed by atoms with Gasteiger partial charge >= 0.3 is 0 Å². The molecule has 2 amide bonds. The van der Waals surface area contributed by atoms with Gasteiger partial charge in [0.1, 0.15) is 5.75 Å². The lowest BCUT2D eigenvalue weighted by Gasteiger charge is -2.11. The molecule has 132 valence electrons. The number of hydrogen-bond acceptors (Lipinski definition) is 3. The van der Waals surface area contributed by atoms with Crippen molar-refractivity contribution < 1.29 is 14.3 Å². The van der Waals surface area contributed by atoms with Crippen molar-refractivity contribution in [2.75, 3.05) is 17.2 Å². The quantitative estimate of drug-likeness (QED) is 0.750. The molecule has 0 heterocycles. The van der Waals surface area contributed by atoms with Crippen LogP contribution >= 0.6 is 11.6 Å². The van der Waals surface area contributed by atoms with Gasteiger partial charge in [0.15, 0.2) is 0 Å². The van der Waals surface area contributed by atoms with Crippen molar-refractivity contribution in [2.45, 2.75) is 26.7 Å².